The van der Waals surface area contributed by atoms with Crippen molar-refractivity contribution in [1.29, 1.82) is 0 Å². The number of rotatable bonds is 34. The van der Waals surface area contributed by atoms with Crippen LogP contribution in [0.2, 0.25) is 0 Å². The van der Waals surface area contributed by atoms with Gasteiger partial charge in [0.05, 0.1) is 46.1 Å². The number of aliphatic hydroxyl groups is 3. The van der Waals surface area contributed by atoms with Gasteiger partial charge in [0.25, 0.3) is 0 Å². The van der Waals surface area contributed by atoms with Gasteiger partial charge in [0, 0.05) is 25.2 Å². The molecule has 1 rings (SSSR count). The molecule has 55 heavy (non-hydrogen) atoms. The summed E-state index contributed by atoms with van der Waals surface area (Å²) in [5.74, 6) is -1.40. The minimum atomic E-state index is -4.44. The maximum absolute atomic E-state index is 12.8. The molecule has 13 heteroatoms. The lowest BCUT2D eigenvalue weighted by molar-refractivity contribution is -0.870. The highest BCUT2D eigenvalue weighted by molar-refractivity contribution is 7.47. The van der Waals surface area contributed by atoms with Crippen LogP contribution in [0.5, 0.6) is 0 Å². The van der Waals surface area contributed by atoms with Crippen LogP contribution in [0.4, 0.5) is 0 Å². The van der Waals surface area contributed by atoms with Crippen LogP contribution in [0.3, 0.4) is 0 Å². The van der Waals surface area contributed by atoms with Gasteiger partial charge in [-0.1, -0.05) is 122 Å². The molecule has 0 radical (unpaired) electrons. The Morgan fingerprint density at radius 1 is 0.782 bits per heavy atom. The van der Waals surface area contributed by atoms with Crippen molar-refractivity contribution in [2.45, 2.75) is 173 Å². The Morgan fingerprint density at radius 3 is 2.02 bits per heavy atom. The molecule has 1 aliphatic rings. The zero-order valence-electron chi connectivity index (χ0n) is 35.0. The number of nitrogens with zero attached hydrogens (tertiary/aromatic N) is 1. The second-order valence-electron chi connectivity index (χ2n) is 16.4. The molecule has 322 valence electrons. The van der Waals surface area contributed by atoms with Gasteiger partial charge in [-0.15, -0.1) is 0 Å². The van der Waals surface area contributed by atoms with Crippen molar-refractivity contribution < 1.29 is 57.4 Å². The summed E-state index contributed by atoms with van der Waals surface area (Å²) in [6, 6.07) is 0. The third kappa shape index (κ3) is 27.6. The van der Waals surface area contributed by atoms with E-state index in [1.807, 2.05) is 39.4 Å². The highest BCUT2D eigenvalue weighted by Gasteiger charge is 2.39. The van der Waals surface area contributed by atoms with Gasteiger partial charge in [0.2, 0.25) is 0 Å². The van der Waals surface area contributed by atoms with E-state index in [0.29, 0.717) is 49.6 Å². The van der Waals surface area contributed by atoms with Crippen LogP contribution in [0.15, 0.2) is 24.3 Å². The Balaban J connectivity index is 2.55. The molecule has 0 aromatic rings. The van der Waals surface area contributed by atoms with E-state index in [1.165, 1.54) is 44.9 Å². The first-order chi connectivity index (χ1) is 26.2. The SMILES string of the molecule is CCCCCCCCCCCCCC(=O)OC[C@H](COP(=O)(O)OCC[N+](C)(C)C)OC(=O)CCC/C=C/C[C@@H]1[C@@H](/C=C/[C@@H](O)CCCCC)[C@H](O)C[C@@H]1O. The summed E-state index contributed by atoms with van der Waals surface area (Å²) in [5.41, 5.74) is 0. The summed E-state index contributed by atoms with van der Waals surface area (Å²) in [7, 11) is 1.33. The van der Waals surface area contributed by atoms with Crippen molar-refractivity contribution in [3.8, 4) is 0 Å². The summed E-state index contributed by atoms with van der Waals surface area (Å²) in [6.07, 6.45) is 23.2. The normalized spacial score (nSPS) is 21.3. The first kappa shape index (κ1) is 51.4. The third-order valence-corrected chi connectivity index (χ3v) is 11.0. The van der Waals surface area contributed by atoms with Gasteiger partial charge in [-0.05, 0) is 38.0 Å². The highest BCUT2D eigenvalue weighted by atomic mass is 31.2. The Labute approximate surface area is 333 Å². The van der Waals surface area contributed by atoms with Gasteiger partial charge in [-0.3, -0.25) is 18.6 Å². The second kappa shape index (κ2) is 30.4. The minimum absolute atomic E-state index is 0.0108. The number of unbranched alkanes of at least 4 members (excludes halogenated alkanes) is 13. The van der Waals surface area contributed by atoms with E-state index >= 15 is 0 Å². The van der Waals surface area contributed by atoms with Crippen molar-refractivity contribution >= 4 is 19.8 Å². The molecule has 0 heterocycles. The number of esters is 2. The minimum Gasteiger partial charge on any atom is -0.462 e. The smallest absolute Gasteiger partial charge is 0.462 e. The van der Waals surface area contributed by atoms with E-state index in [4.69, 9.17) is 18.5 Å². The van der Waals surface area contributed by atoms with Gasteiger partial charge in [0.1, 0.15) is 19.8 Å². The molecule has 1 unspecified atom stereocenters. The number of hydrogen-bond acceptors (Lipinski definition) is 10. The summed E-state index contributed by atoms with van der Waals surface area (Å²) < 4.78 is 34.2. The number of ether oxygens (including phenoxy) is 2. The molecule has 0 aliphatic heterocycles. The molecule has 0 saturated heterocycles. The van der Waals surface area contributed by atoms with E-state index < -0.39 is 50.8 Å². The molecule has 0 amide bonds. The molecule has 1 fully saturated rings. The second-order valence-corrected chi connectivity index (χ2v) is 17.8. The van der Waals surface area contributed by atoms with Crippen LogP contribution < -0.4 is 0 Å². The largest absolute Gasteiger partial charge is 0.472 e. The van der Waals surface area contributed by atoms with Crippen LogP contribution in [-0.2, 0) is 32.7 Å². The van der Waals surface area contributed by atoms with E-state index in [0.717, 1.165) is 38.5 Å². The summed E-state index contributed by atoms with van der Waals surface area (Å²) in [4.78, 5) is 35.4. The number of hydrogen-bond donors (Lipinski definition) is 4. The van der Waals surface area contributed by atoms with Gasteiger partial charge in [0.15, 0.2) is 6.10 Å². The Morgan fingerprint density at radius 2 is 1.38 bits per heavy atom. The molecular formula is C42H79NO11P+. The molecule has 0 bridgehead atoms. The summed E-state index contributed by atoms with van der Waals surface area (Å²) >= 11 is 0. The quantitative estimate of drug-likeness (QED) is 0.0164. The van der Waals surface area contributed by atoms with Crippen molar-refractivity contribution in [3.63, 3.8) is 0 Å². The number of allylic oxidation sites excluding steroid dienone is 2. The Kier molecular flexibility index (Phi) is 28.4. The predicted molar refractivity (Wildman–Crippen MR) is 217 cm³/mol. The monoisotopic (exact) mass is 805 g/mol. The molecule has 12 nitrogen and oxygen atoms in total. The molecule has 1 aliphatic carbocycles. The molecular weight excluding hydrogens is 725 g/mol. The van der Waals surface area contributed by atoms with Crippen LogP contribution in [0.25, 0.3) is 0 Å². The van der Waals surface area contributed by atoms with Gasteiger partial charge >= 0.3 is 19.8 Å². The summed E-state index contributed by atoms with van der Waals surface area (Å²) in [6.45, 7) is 4.02. The number of carbonyl (C=O) groups excluding carboxylic acids is 2. The van der Waals surface area contributed by atoms with Gasteiger partial charge in [-0.25, -0.2) is 4.57 Å². The van der Waals surface area contributed by atoms with Crippen molar-refractivity contribution in [2.75, 3.05) is 47.5 Å². The van der Waals surface area contributed by atoms with Crippen molar-refractivity contribution in [2.24, 2.45) is 11.8 Å². The fourth-order valence-electron chi connectivity index (χ4n) is 6.60. The van der Waals surface area contributed by atoms with E-state index in [9.17, 15) is 34.4 Å². The lowest BCUT2D eigenvalue weighted by Gasteiger charge is -2.24. The lowest BCUT2D eigenvalue weighted by atomic mass is 9.89. The van der Waals surface area contributed by atoms with Crippen molar-refractivity contribution in [3.05, 3.63) is 24.3 Å². The van der Waals surface area contributed by atoms with E-state index in [2.05, 4.69) is 13.8 Å². The maximum atomic E-state index is 12.8. The van der Waals surface area contributed by atoms with Crippen LogP contribution >= 0.6 is 7.82 Å². The molecule has 0 aromatic carbocycles. The Bertz CT molecular complexity index is 1110. The first-order valence-electron chi connectivity index (χ1n) is 21.3. The zero-order valence-corrected chi connectivity index (χ0v) is 35.9. The van der Waals surface area contributed by atoms with Crippen molar-refractivity contribution in [1.82, 2.24) is 0 Å². The fraction of sp³-hybridized carbons (Fsp3) is 0.857. The third-order valence-electron chi connectivity index (χ3n) is 10.1. The number of likely N-dealkylation sites (N-methyl/N-ethyl adjacent to an activating group) is 1. The van der Waals surface area contributed by atoms with Crippen LogP contribution in [0.1, 0.15) is 149 Å². The average Bonchev–Trinajstić information content (AvgIpc) is 3.39. The number of phosphoric acid groups is 1. The molecule has 0 spiro atoms. The van der Waals surface area contributed by atoms with E-state index in [-0.39, 0.29) is 37.9 Å². The number of aliphatic hydroxyl groups excluding tert-OH is 3. The first-order valence-corrected chi connectivity index (χ1v) is 22.8. The van der Waals surface area contributed by atoms with Crippen LogP contribution in [-0.4, -0.2) is 109 Å². The maximum Gasteiger partial charge on any atom is 0.472 e. The van der Waals surface area contributed by atoms with Crippen LogP contribution in [0, 0.1) is 11.8 Å². The van der Waals surface area contributed by atoms with Gasteiger partial charge in [-0.2, -0.15) is 0 Å². The van der Waals surface area contributed by atoms with Gasteiger partial charge < -0.3 is 34.2 Å². The zero-order chi connectivity index (χ0) is 41.0. The molecule has 7 atom stereocenters. The lowest BCUT2D eigenvalue weighted by Crippen LogP contribution is -2.37. The Hall–Kier alpha value is -1.63. The number of carbonyl (C=O) groups is 2. The molecule has 1 saturated carbocycles. The predicted octanol–water partition coefficient (Wildman–Crippen LogP) is 7.95. The van der Waals surface area contributed by atoms with E-state index in [1.54, 1.807) is 6.08 Å². The molecule has 4 N–H and O–H groups in total. The summed E-state index contributed by atoms with van der Waals surface area (Å²) in [5, 5.41) is 31.3. The standard InChI is InChI=1S/C42H78NO11P/c1-6-8-10-11-12-13-14-15-16-17-22-26-41(47)51-33-36(34-53-55(49,50)52-31-30-43(3,4)5)54-42(48)27-23-19-18-21-25-37-38(40(46)32-39(37)45)29-28-35(44)24-20-9-7-2/h18,21,28-29,35-40,44-46H,6-17,19-20,22-27,30-34H2,1-5H3/p+1/b21-18+,29-28+/t35-,36+,37+,38+,39-,40+/m0/s1. The average molecular weight is 805 g/mol. The number of quaternary nitrogens is 1. The molecule has 0 aromatic heterocycles. The fourth-order valence-corrected chi connectivity index (χ4v) is 7.34. The number of phosphoric ester groups is 1. The highest BCUT2D eigenvalue weighted by Crippen LogP contribution is 2.43. The topological polar surface area (TPSA) is 169 Å².